The van der Waals surface area contributed by atoms with Crippen LogP contribution in [0.15, 0.2) is 0 Å². The maximum atomic E-state index is 11.7. The number of halogens is 1. The molecule has 0 bridgehead atoms. The zero-order valence-corrected chi connectivity index (χ0v) is 10.2. The first-order valence-electron chi connectivity index (χ1n) is 5.35. The lowest BCUT2D eigenvalue weighted by Gasteiger charge is -2.38. The standard InChI is InChI=1S/C10H17BrN2O/c1-8(11)10(14)13-6-5-12-4-2-3-9(12)7-13/h8-9H,2-7H2,1H3. The Balaban J connectivity index is 1.94. The normalized spacial score (nSPS) is 30.1. The van der Waals surface area contributed by atoms with Crippen molar-refractivity contribution in [2.75, 3.05) is 26.2 Å². The van der Waals surface area contributed by atoms with Gasteiger partial charge in [0.05, 0.1) is 4.83 Å². The molecule has 2 heterocycles. The van der Waals surface area contributed by atoms with Crippen molar-refractivity contribution in [1.29, 1.82) is 0 Å². The quantitative estimate of drug-likeness (QED) is 0.659. The Bertz CT molecular complexity index is 232. The van der Waals surface area contributed by atoms with Gasteiger partial charge in [-0.2, -0.15) is 0 Å². The molecule has 0 aromatic heterocycles. The van der Waals surface area contributed by atoms with Crippen LogP contribution in [0.4, 0.5) is 0 Å². The van der Waals surface area contributed by atoms with Crippen LogP contribution in [0, 0.1) is 0 Å². The van der Waals surface area contributed by atoms with Crippen molar-refractivity contribution in [2.24, 2.45) is 0 Å². The molecule has 0 radical (unpaired) electrons. The number of hydrogen-bond donors (Lipinski definition) is 0. The summed E-state index contributed by atoms with van der Waals surface area (Å²) in [5, 5.41) is 0. The van der Waals surface area contributed by atoms with Gasteiger partial charge in [-0.1, -0.05) is 15.9 Å². The Morgan fingerprint density at radius 1 is 1.43 bits per heavy atom. The van der Waals surface area contributed by atoms with E-state index in [1.807, 2.05) is 11.8 Å². The Hall–Kier alpha value is -0.0900. The van der Waals surface area contributed by atoms with Crippen molar-refractivity contribution >= 4 is 21.8 Å². The number of alkyl halides is 1. The summed E-state index contributed by atoms with van der Waals surface area (Å²) in [5.74, 6) is 0.247. The second-order valence-electron chi connectivity index (χ2n) is 4.23. The van der Waals surface area contributed by atoms with E-state index in [1.165, 1.54) is 19.4 Å². The highest BCUT2D eigenvalue weighted by molar-refractivity contribution is 9.10. The van der Waals surface area contributed by atoms with Gasteiger partial charge in [0, 0.05) is 25.7 Å². The molecule has 0 saturated carbocycles. The Morgan fingerprint density at radius 3 is 2.93 bits per heavy atom. The molecule has 0 N–H and O–H groups in total. The molecule has 2 saturated heterocycles. The first-order valence-corrected chi connectivity index (χ1v) is 6.27. The number of fused-ring (bicyclic) bond motifs is 1. The summed E-state index contributed by atoms with van der Waals surface area (Å²) < 4.78 is 0. The van der Waals surface area contributed by atoms with E-state index in [9.17, 15) is 4.79 Å². The largest absolute Gasteiger partial charge is 0.339 e. The highest BCUT2D eigenvalue weighted by Gasteiger charge is 2.33. The maximum Gasteiger partial charge on any atom is 0.236 e. The number of rotatable bonds is 1. The second-order valence-corrected chi connectivity index (χ2v) is 5.61. The number of carbonyl (C=O) groups excluding carboxylic acids is 1. The molecule has 2 aliphatic heterocycles. The minimum Gasteiger partial charge on any atom is -0.339 e. The minimum absolute atomic E-state index is 0.0320. The molecule has 2 unspecified atom stereocenters. The highest BCUT2D eigenvalue weighted by atomic mass is 79.9. The topological polar surface area (TPSA) is 23.6 Å². The van der Waals surface area contributed by atoms with Gasteiger partial charge in [-0.25, -0.2) is 0 Å². The molecule has 3 nitrogen and oxygen atoms in total. The van der Waals surface area contributed by atoms with E-state index in [1.54, 1.807) is 0 Å². The summed E-state index contributed by atoms with van der Waals surface area (Å²) in [6, 6.07) is 0.638. The van der Waals surface area contributed by atoms with Gasteiger partial charge in [-0.15, -0.1) is 0 Å². The van der Waals surface area contributed by atoms with Gasteiger partial charge < -0.3 is 4.90 Å². The molecule has 1 amide bonds. The second kappa shape index (κ2) is 4.19. The van der Waals surface area contributed by atoms with Crippen molar-refractivity contribution in [3.8, 4) is 0 Å². The van der Waals surface area contributed by atoms with Gasteiger partial charge >= 0.3 is 0 Å². The summed E-state index contributed by atoms with van der Waals surface area (Å²) in [6.07, 6.45) is 2.57. The van der Waals surface area contributed by atoms with Gasteiger partial charge in [-0.05, 0) is 26.3 Å². The Labute approximate surface area is 93.6 Å². The number of hydrogen-bond acceptors (Lipinski definition) is 2. The lowest BCUT2D eigenvalue weighted by Crippen LogP contribution is -2.53. The van der Waals surface area contributed by atoms with Gasteiger partial charge in [0.2, 0.25) is 5.91 Å². The summed E-state index contributed by atoms with van der Waals surface area (Å²) >= 11 is 3.34. The van der Waals surface area contributed by atoms with Crippen molar-refractivity contribution in [1.82, 2.24) is 9.80 Å². The first kappa shape index (κ1) is 10.4. The predicted octanol–water partition coefficient (Wildman–Crippen LogP) is 1.08. The zero-order chi connectivity index (χ0) is 10.1. The number of nitrogens with zero attached hydrogens (tertiary/aromatic N) is 2. The average Bonchev–Trinajstić information content (AvgIpc) is 2.62. The van der Waals surface area contributed by atoms with Crippen LogP contribution in [0.5, 0.6) is 0 Å². The van der Waals surface area contributed by atoms with Crippen LogP contribution in [0.25, 0.3) is 0 Å². The SMILES string of the molecule is CC(Br)C(=O)N1CCN2CCCC2C1. The third-order valence-corrected chi connectivity index (χ3v) is 3.63. The first-order chi connectivity index (χ1) is 6.68. The summed E-state index contributed by atoms with van der Waals surface area (Å²) in [5.41, 5.74) is 0. The van der Waals surface area contributed by atoms with Gasteiger partial charge in [-0.3, -0.25) is 9.69 Å². The van der Waals surface area contributed by atoms with Crippen LogP contribution in [0.2, 0.25) is 0 Å². The van der Waals surface area contributed by atoms with Crippen LogP contribution < -0.4 is 0 Å². The van der Waals surface area contributed by atoms with E-state index in [-0.39, 0.29) is 10.7 Å². The smallest absolute Gasteiger partial charge is 0.236 e. The fraction of sp³-hybridized carbons (Fsp3) is 0.900. The minimum atomic E-state index is -0.0320. The predicted molar refractivity (Wildman–Crippen MR) is 59.6 cm³/mol. The van der Waals surface area contributed by atoms with E-state index < -0.39 is 0 Å². The van der Waals surface area contributed by atoms with Crippen LogP contribution in [0.3, 0.4) is 0 Å². The van der Waals surface area contributed by atoms with E-state index in [4.69, 9.17) is 0 Å². The third kappa shape index (κ3) is 1.96. The van der Waals surface area contributed by atoms with E-state index in [0.717, 1.165) is 19.6 Å². The van der Waals surface area contributed by atoms with Gasteiger partial charge in [0.15, 0.2) is 0 Å². The van der Waals surface area contributed by atoms with Crippen molar-refractivity contribution in [2.45, 2.75) is 30.6 Å². The fourth-order valence-electron chi connectivity index (χ4n) is 2.44. The van der Waals surface area contributed by atoms with E-state index >= 15 is 0 Å². The Morgan fingerprint density at radius 2 is 2.21 bits per heavy atom. The molecule has 0 aromatic carbocycles. The molecule has 14 heavy (non-hydrogen) atoms. The van der Waals surface area contributed by atoms with E-state index in [0.29, 0.717) is 6.04 Å². The fourth-order valence-corrected chi connectivity index (χ4v) is 2.73. The molecule has 2 rings (SSSR count). The lowest BCUT2D eigenvalue weighted by molar-refractivity contribution is -0.132. The van der Waals surface area contributed by atoms with Crippen molar-refractivity contribution in [3.05, 3.63) is 0 Å². The number of piperazine rings is 1. The van der Waals surface area contributed by atoms with Crippen LogP contribution in [-0.4, -0.2) is 52.8 Å². The van der Waals surface area contributed by atoms with Crippen LogP contribution in [-0.2, 0) is 4.79 Å². The summed E-state index contributed by atoms with van der Waals surface area (Å²) in [6.45, 7) is 6.05. The maximum absolute atomic E-state index is 11.7. The van der Waals surface area contributed by atoms with Gasteiger partial charge in [0.1, 0.15) is 0 Å². The average molecular weight is 261 g/mol. The molecule has 0 aromatic rings. The molecule has 2 atom stereocenters. The van der Waals surface area contributed by atoms with Crippen molar-refractivity contribution < 1.29 is 4.79 Å². The van der Waals surface area contributed by atoms with Crippen molar-refractivity contribution in [3.63, 3.8) is 0 Å². The molecule has 4 heteroatoms. The highest BCUT2D eigenvalue weighted by Crippen LogP contribution is 2.22. The third-order valence-electron chi connectivity index (χ3n) is 3.24. The molecular formula is C10H17BrN2O. The molecule has 80 valence electrons. The Kier molecular flexibility index (Phi) is 3.12. The molecule has 2 aliphatic rings. The monoisotopic (exact) mass is 260 g/mol. The number of carbonyl (C=O) groups is 1. The van der Waals surface area contributed by atoms with Crippen LogP contribution in [0.1, 0.15) is 19.8 Å². The zero-order valence-electron chi connectivity index (χ0n) is 8.58. The van der Waals surface area contributed by atoms with Gasteiger partial charge in [0.25, 0.3) is 0 Å². The summed E-state index contributed by atoms with van der Waals surface area (Å²) in [7, 11) is 0. The molecule has 0 spiro atoms. The summed E-state index contributed by atoms with van der Waals surface area (Å²) in [4.78, 5) is 16.2. The molecular weight excluding hydrogens is 244 g/mol. The van der Waals surface area contributed by atoms with Crippen LogP contribution >= 0.6 is 15.9 Å². The molecule has 0 aliphatic carbocycles. The lowest BCUT2D eigenvalue weighted by atomic mass is 10.1. The molecule has 2 fully saturated rings. The van der Waals surface area contributed by atoms with E-state index in [2.05, 4.69) is 20.8 Å². The number of amides is 1.